The molecule has 0 fully saturated rings. The molecule has 0 aliphatic rings. The third-order valence-electron chi connectivity index (χ3n) is 2.79. The summed E-state index contributed by atoms with van der Waals surface area (Å²) in [5.74, 6) is -1.27. The lowest BCUT2D eigenvalue weighted by atomic mass is 10.1. The van der Waals surface area contributed by atoms with Gasteiger partial charge >= 0.3 is 12.6 Å². The summed E-state index contributed by atoms with van der Waals surface area (Å²) in [6, 6.07) is 5.30. The molecule has 0 aliphatic heterocycles. The second-order valence-electron chi connectivity index (χ2n) is 4.47. The highest BCUT2D eigenvalue weighted by Gasteiger charge is 2.14. The van der Waals surface area contributed by atoms with Gasteiger partial charge in [0.15, 0.2) is 0 Å². The van der Waals surface area contributed by atoms with E-state index in [-0.39, 0.29) is 24.5 Å². The molecule has 0 aliphatic carbocycles. The van der Waals surface area contributed by atoms with Crippen molar-refractivity contribution in [1.82, 2.24) is 5.32 Å². The van der Waals surface area contributed by atoms with Crippen molar-refractivity contribution < 1.29 is 28.2 Å². The lowest BCUT2D eigenvalue weighted by molar-refractivity contribution is -0.137. The fraction of sp³-hybridized carbons (Fsp3) is 0.429. The van der Waals surface area contributed by atoms with E-state index in [0.717, 1.165) is 0 Å². The lowest BCUT2D eigenvalue weighted by Gasteiger charge is -2.14. The summed E-state index contributed by atoms with van der Waals surface area (Å²) in [5, 5.41) is 11.3. The number of halogens is 2. The molecule has 7 heteroatoms. The molecule has 0 radical (unpaired) electrons. The minimum absolute atomic E-state index is 0.0199. The quantitative estimate of drug-likeness (QED) is 0.772. The number of carbonyl (C=O) groups excluding carboxylic acids is 1. The van der Waals surface area contributed by atoms with Crippen LogP contribution in [0.1, 0.15) is 25.3 Å². The molecule has 0 bridgehead atoms. The van der Waals surface area contributed by atoms with Gasteiger partial charge in [-0.05, 0) is 24.1 Å². The Morgan fingerprint density at radius 2 is 1.90 bits per heavy atom. The predicted octanol–water partition coefficient (Wildman–Crippen LogP) is 2.20. The van der Waals surface area contributed by atoms with Gasteiger partial charge in [0, 0.05) is 6.04 Å². The third-order valence-corrected chi connectivity index (χ3v) is 2.79. The van der Waals surface area contributed by atoms with E-state index in [1.807, 2.05) is 0 Å². The zero-order valence-electron chi connectivity index (χ0n) is 11.5. The number of hydrogen-bond donors (Lipinski definition) is 2. The summed E-state index contributed by atoms with van der Waals surface area (Å²) in [6.45, 7) is -1.11. The molecule has 0 saturated carbocycles. The number of alkyl halides is 2. The minimum Gasteiger partial charge on any atom is -0.481 e. The van der Waals surface area contributed by atoms with Crippen LogP contribution in [0.3, 0.4) is 0 Å². The molecule has 1 amide bonds. The number of aliphatic carboxylic acids is 1. The Morgan fingerprint density at radius 3 is 2.38 bits per heavy atom. The van der Waals surface area contributed by atoms with Crippen LogP contribution in [0.25, 0.3) is 0 Å². The summed E-state index contributed by atoms with van der Waals surface area (Å²) < 4.78 is 28.2. The van der Waals surface area contributed by atoms with Crippen LogP contribution in [0.2, 0.25) is 0 Å². The van der Waals surface area contributed by atoms with E-state index in [0.29, 0.717) is 12.0 Å². The number of carbonyl (C=O) groups is 2. The molecular weight excluding hydrogens is 284 g/mol. The number of carboxylic acid groups (broad SMARTS) is 1. The maximum absolute atomic E-state index is 12.0. The van der Waals surface area contributed by atoms with Crippen molar-refractivity contribution in [2.45, 2.75) is 38.8 Å². The molecule has 5 nitrogen and oxygen atoms in total. The van der Waals surface area contributed by atoms with Crippen LogP contribution in [0, 0.1) is 0 Å². The van der Waals surface area contributed by atoms with Crippen molar-refractivity contribution in [3.63, 3.8) is 0 Å². The number of carboxylic acids is 1. The molecule has 1 aromatic rings. The molecule has 2 N–H and O–H groups in total. The molecule has 1 unspecified atom stereocenters. The zero-order valence-corrected chi connectivity index (χ0v) is 11.5. The van der Waals surface area contributed by atoms with Crippen LogP contribution in [-0.2, 0) is 16.0 Å². The van der Waals surface area contributed by atoms with E-state index in [2.05, 4.69) is 10.1 Å². The smallest absolute Gasteiger partial charge is 0.387 e. The van der Waals surface area contributed by atoms with Gasteiger partial charge in [-0.15, -0.1) is 0 Å². The average molecular weight is 301 g/mol. The van der Waals surface area contributed by atoms with Gasteiger partial charge in [0.25, 0.3) is 0 Å². The number of ether oxygens (including phenoxy) is 1. The fourth-order valence-electron chi connectivity index (χ4n) is 1.76. The second kappa shape index (κ2) is 8.18. The number of hydrogen-bond acceptors (Lipinski definition) is 3. The first kappa shape index (κ1) is 16.9. The van der Waals surface area contributed by atoms with E-state index in [9.17, 15) is 18.4 Å². The largest absolute Gasteiger partial charge is 0.481 e. The van der Waals surface area contributed by atoms with E-state index in [1.165, 1.54) is 24.3 Å². The monoisotopic (exact) mass is 301 g/mol. The van der Waals surface area contributed by atoms with Crippen molar-refractivity contribution in [3.8, 4) is 5.75 Å². The van der Waals surface area contributed by atoms with E-state index >= 15 is 0 Å². The van der Waals surface area contributed by atoms with Gasteiger partial charge in [-0.3, -0.25) is 9.59 Å². The Kier molecular flexibility index (Phi) is 6.58. The van der Waals surface area contributed by atoms with Gasteiger partial charge in [0.05, 0.1) is 12.8 Å². The van der Waals surface area contributed by atoms with Gasteiger partial charge in [0.1, 0.15) is 5.75 Å². The molecule has 0 spiro atoms. The van der Waals surface area contributed by atoms with Gasteiger partial charge in [-0.2, -0.15) is 8.78 Å². The summed E-state index contributed by atoms with van der Waals surface area (Å²) in [6.07, 6.45) is 0.424. The first-order chi connectivity index (χ1) is 9.90. The molecule has 0 heterocycles. The van der Waals surface area contributed by atoms with Crippen LogP contribution >= 0.6 is 0 Å². The Hall–Kier alpha value is -2.18. The summed E-state index contributed by atoms with van der Waals surface area (Å²) in [5.41, 5.74) is 0.624. The Balaban J connectivity index is 2.52. The molecule has 1 atom stereocenters. The molecule has 116 valence electrons. The Bertz CT molecular complexity index is 476. The number of nitrogens with one attached hydrogen (secondary N) is 1. The fourth-order valence-corrected chi connectivity index (χ4v) is 1.76. The van der Waals surface area contributed by atoms with E-state index in [4.69, 9.17) is 5.11 Å². The average Bonchev–Trinajstić information content (AvgIpc) is 2.39. The predicted molar refractivity (Wildman–Crippen MR) is 71.3 cm³/mol. The first-order valence-electron chi connectivity index (χ1n) is 6.45. The first-order valence-corrected chi connectivity index (χ1v) is 6.45. The highest BCUT2D eigenvalue weighted by molar-refractivity contribution is 5.79. The van der Waals surface area contributed by atoms with Crippen LogP contribution < -0.4 is 10.1 Å². The van der Waals surface area contributed by atoms with Crippen LogP contribution in [0.4, 0.5) is 8.78 Å². The van der Waals surface area contributed by atoms with Gasteiger partial charge in [-0.25, -0.2) is 0 Å². The van der Waals surface area contributed by atoms with Gasteiger partial charge < -0.3 is 15.2 Å². The number of amides is 1. The minimum atomic E-state index is -2.89. The SMILES string of the molecule is CCC(CC(=O)O)NC(=O)Cc1ccc(OC(F)F)cc1. The summed E-state index contributed by atoms with van der Waals surface area (Å²) in [4.78, 5) is 22.4. The van der Waals surface area contributed by atoms with Gasteiger partial charge in [-0.1, -0.05) is 19.1 Å². The molecule has 0 aromatic heterocycles. The maximum atomic E-state index is 12.0. The second-order valence-corrected chi connectivity index (χ2v) is 4.47. The lowest BCUT2D eigenvalue weighted by Crippen LogP contribution is -2.36. The summed E-state index contributed by atoms with van der Waals surface area (Å²) >= 11 is 0. The number of rotatable bonds is 8. The van der Waals surface area contributed by atoms with Crippen molar-refractivity contribution in [2.75, 3.05) is 0 Å². The molecular formula is C14H17F2NO4. The van der Waals surface area contributed by atoms with Crippen molar-refractivity contribution >= 4 is 11.9 Å². The highest BCUT2D eigenvalue weighted by atomic mass is 19.3. The maximum Gasteiger partial charge on any atom is 0.387 e. The van der Waals surface area contributed by atoms with Crippen molar-refractivity contribution in [3.05, 3.63) is 29.8 Å². The topological polar surface area (TPSA) is 75.6 Å². The van der Waals surface area contributed by atoms with Gasteiger partial charge in [0.2, 0.25) is 5.91 Å². The van der Waals surface area contributed by atoms with Crippen molar-refractivity contribution in [1.29, 1.82) is 0 Å². The molecule has 0 saturated heterocycles. The van der Waals surface area contributed by atoms with Crippen molar-refractivity contribution in [2.24, 2.45) is 0 Å². The van der Waals surface area contributed by atoms with E-state index in [1.54, 1.807) is 6.92 Å². The van der Waals surface area contributed by atoms with Crippen LogP contribution in [0.5, 0.6) is 5.75 Å². The zero-order chi connectivity index (χ0) is 15.8. The summed E-state index contributed by atoms with van der Waals surface area (Å²) in [7, 11) is 0. The van der Waals surface area contributed by atoms with Crippen LogP contribution in [0.15, 0.2) is 24.3 Å². The number of benzene rings is 1. The third kappa shape index (κ3) is 6.69. The molecule has 1 aromatic carbocycles. The highest BCUT2D eigenvalue weighted by Crippen LogP contribution is 2.15. The standard InChI is InChI=1S/C14H17F2NO4/c1-2-10(8-13(19)20)17-12(18)7-9-3-5-11(6-4-9)21-14(15)16/h3-6,10,14H,2,7-8H2,1H3,(H,17,18)(H,19,20). The molecule has 1 rings (SSSR count). The normalized spacial score (nSPS) is 12.0. The Labute approximate surface area is 120 Å². The van der Waals surface area contributed by atoms with E-state index < -0.39 is 18.6 Å². The van der Waals surface area contributed by atoms with Crippen LogP contribution in [-0.4, -0.2) is 29.6 Å². The Morgan fingerprint density at radius 1 is 1.29 bits per heavy atom. The molecule has 21 heavy (non-hydrogen) atoms.